The van der Waals surface area contributed by atoms with Gasteiger partial charge in [-0.2, -0.15) is 0 Å². The molecule has 1 aromatic carbocycles. The molecule has 0 saturated carbocycles. The van der Waals surface area contributed by atoms with Crippen molar-refractivity contribution < 1.29 is 9.13 Å². The monoisotopic (exact) mass is 230 g/mol. The molecular weight excluding hydrogens is 215 g/mol. The molecule has 0 heterocycles. The van der Waals surface area contributed by atoms with Gasteiger partial charge in [0, 0.05) is 6.07 Å². The lowest BCUT2D eigenvalue weighted by molar-refractivity contribution is 0.250. The van der Waals surface area contributed by atoms with E-state index in [-0.39, 0.29) is 5.02 Å². The lowest BCUT2D eigenvalue weighted by Crippen LogP contribution is -2.08. The molecule has 0 N–H and O–H groups in total. The molecule has 1 unspecified atom stereocenters. The molecule has 0 saturated heterocycles. The molecule has 0 radical (unpaired) electrons. The number of benzene rings is 1. The van der Waals surface area contributed by atoms with Gasteiger partial charge in [0.15, 0.2) is 0 Å². The summed E-state index contributed by atoms with van der Waals surface area (Å²) >= 11 is 5.56. The Balaban J connectivity index is 2.47. The Morgan fingerprint density at radius 2 is 2.20 bits per heavy atom. The van der Waals surface area contributed by atoms with Crippen molar-refractivity contribution in [1.29, 1.82) is 0 Å². The summed E-state index contributed by atoms with van der Waals surface area (Å²) in [6, 6.07) is 4.52. The topological polar surface area (TPSA) is 9.23 Å². The molecule has 0 aromatic heterocycles. The molecule has 84 valence electrons. The molecule has 0 fully saturated rings. The van der Waals surface area contributed by atoms with Crippen LogP contribution in [0.5, 0.6) is 5.75 Å². The van der Waals surface area contributed by atoms with Gasteiger partial charge in [-0.3, -0.25) is 0 Å². The SMILES string of the molecule is CCCC(C)COc1ccc(Cl)c(F)c1. The number of hydrogen-bond donors (Lipinski definition) is 0. The summed E-state index contributed by atoms with van der Waals surface area (Å²) in [4.78, 5) is 0. The molecule has 1 atom stereocenters. The Morgan fingerprint density at radius 3 is 2.80 bits per heavy atom. The fraction of sp³-hybridized carbons (Fsp3) is 0.500. The highest BCUT2D eigenvalue weighted by Crippen LogP contribution is 2.21. The lowest BCUT2D eigenvalue weighted by atomic mass is 10.1. The number of hydrogen-bond acceptors (Lipinski definition) is 1. The van der Waals surface area contributed by atoms with Crippen LogP contribution in [-0.2, 0) is 0 Å². The van der Waals surface area contributed by atoms with Crippen molar-refractivity contribution in [3.05, 3.63) is 29.0 Å². The molecule has 0 spiro atoms. The first-order valence-electron chi connectivity index (χ1n) is 5.21. The van der Waals surface area contributed by atoms with Gasteiger partial charge >= 0.3 is 0 Å². The van der Waals surface area contributed by atoms with Crippen LogP contribution in [0.4, 0.5) is 4.39 Å². The van der Waals surface area contributed by atoms with Gasteiger partial charge in [0.25, 0.3) is 0 Å². The molecule has 1 nitrogen and oxygen atoms in total. The molecule has 0 amide bonds. The zero-order valence-electron chi connectivity index (χ0n) is 9.09. The molecule has 0 aliphatic heterocycles. The highest BCUT2D eigenvalue weighted by molar-refractivity contribution is 6.30. The quantitative estimate of drug-likeness (QED) is 0.733. The molecule has 15 heavy (non-hydrogen) atoms. The summed E-state index contributed by atoms with van der Waals surface area (Å²) in [5.41, 5.74) is 0. The Bertz CT molecular complexity index is 314. The van der Waals surface area contributed by atoms with E-state index in [0.717, 1.165) is 12.8 Å². The third-order valence-corrected chi connectivity index (χ3v) is 2.51. The molecule has 1 aromatic rings. The van der Waals surface area contributed by atoms with Gasteiger partial charge in [-0.05, 0) is 24.5 Å². The molecule has 0 bridgehead atoms. The van der Waals surface area contributed by atoms with E-state index < -0.39 is 5.82 Å². The minimum atomic E-state index is -0.433. The van der Waals surface area contributed by atoms with Gasteiger partial charge in [-0.1, -0.05) is 31.9 Å². The molecule has 1 rings (SSSR count). The second-order valence-corrected chi connectivity index (χ2v) is 4.19. The smallest absolute Gasteiger partial charge is 0.145 e. The van der Waals surface area contributed by atoms with Gasteiger partial charge in [-0.15, -0.1) is 0 Å². The van der Waals surface area contributed by atoms with Crippen molar-refractivity contribution in [3.8, 4) is 5.75 Å². The predicted molar refractivity (Wildman–Crippen MR) is 61.0 cm³/mol. The Hall–Kier alpha value is -0.760. The maximum Gasteiger partial charge on any atom is 0.145 e. The van der Waals surface area contributed by atoms with Crippen molar-refractivity contribution in [1.82, 2.24) is 0 Å². The fourth-order valence-corrected chi connectivity index (χ4v) is 1.50. The van der Waals surface area contributed by atoms with E-state index in [4.69, 9.17) is 16.3 Å². The Kier molecular flexibility index (Phi) is 4.89. The summed E-state index contributed by atoms with van der Waals surface area (Å²) in [7, 11) is 0. The molecule has 0 aliphatic rings. The molecule has 3 heteroatoms. The number of halogens is 2. The highest BCUT2D eigenvalue weighted by atomic mass is 35.5. The summed E-state index contributed by atoms with van der Waals surface area (Å²) < 4.78 is 18.5. The van der Waals surface area contributed by atoms with Crippen molar-refractivity contribution >= 4 is 11.6 Å². The minimum Gasteiger partial charge on any atom is -0.493 e. The molecule has 0 aliphatic carbocycles. The van der Waals surface area contributed by atoms with E-state index in [0.29, 0.717) is 18.3 Å². The standard InChI is InChI=1S/C12H16ClFO/c1-3-4-9(2)8-15-10-5-6-11(13)12(14)7-10/h5-7,9H,3-4,8H2,1-2H3. The van der Waals surface area contributed by atoms with Crippen molar-refractivity contribution in [2.45, 2.75) is 26.7 Å². The van der Waals surface area contributed by atoms with E-state index in [1.807, 2.05) is 0 Å². The highest BCUT2D eigenvalue weighted by Gasteiger charge is 2.04. The van der Waals surface area contributed by atoms with E-state index in [1.165, 1.54) is 12.1 Å². The zero-order chi connectivity index (χ0) is 11.3. The van der Waals surface area contributed by atoms with Gasteiger partial charge < -0.3 is 4.74 Å². The first-order chi connectivity index (χ1) is 7.13. The third-order valence-electron chi connectivity index (χ3n) is 2.21. The van der Waals surface area contributed by atoms with Crippen molar-refractivity contribution in [2.24, 2.45) is 5.92 Å². The van der Waals surface area contributed by atoms with E-state index in [2.05, 4.69) is 13.8 Å². The largest absolute Gasteiger partial charge is 0.493 e. The second kappa shape index (κ2) is 5.96. The zero-order valence-corrected chi connectivity index (χ0v) is 9.85. The first kappa shape index (κ1) is 12.3. The maximum atomic E-state index is 13.0. The summed E-state index contributed by atoms with van der Waals surface area (Å²) in [5, 5.41) is 0.129. The average Bonchev–Trinajstić information content (AvgIpc) is 2.20. The van der Waals surface area contributed by atoms with Crippen LogP contribution in [0.25, 0.3) is 0 Å². The Morgan fingerprint density at radius 1 is 1.47 bits per heavy atom. The summed E-state index contributed by atoms with van der Waals surface area (Å²) in [6.45, 7) is 4.88. The predicted octanol–water partition coefficient (Wildman–Crippen LogP) is 4.29. The van der Waals surface area contributed by atoms with Crippen LogP contribution in [0.1, 0.15) is 26.7 Å². The van der Waals surface area contributed by atoms with Gasteiger partial charge in [0.2, 0.25) is 0 Å². The van der Waals surface area contributed by atoms with Gasteiger partial charge in [0.05, 0.1) is 11.6 Å². The van der Waals surface area contributed by atoms with Crippen LogP contribution in [0.2, 0.25) is 5.02 Å². The number of rotatable bonds is 5. The normalized spacial score (nSPS) is 12.5. The lowest BCUT2D eigenvalue weighted by Gasteiger charge is -2.12. The minimum absolute atomic E-state index is 0.129. The van der Waals surface area contributed by atoms with Crippen molar-refractivity contribution in [3.63, 3.8) is 0 Å². The van der Waals surface area contributed by atoms with Gasteiger partial charge in [-0.25, -0.2) is 4.39 Å². The van der Waals surface area contributed by atoms with Crippen molar-refractivity contribution in [2.75, 3.05) is 6.61 Å². The van der Waals surface area contributed by atoms with Crippen LogP contribution in [0, 0.1) is 11.7 Å². The maximum absolute atomic E-state index is 13.0. The fourth-order valence-electron chi connectivity index (χ4n) is 1.38. The average molecular weight is 231 g/mol. The third kappa shape index (κ3) is 4.08. The van der Waals surface area contributed by atoms with Crippen LogP contribution in [-0.4, -0.2) is 6.61 Å². The van der Waals surface area contributed by atoms with Gasteiger partial charge in [0.1, 0.15) is 11.6 Å². The summed E-state index contributed by atoms with van der Waals surface area (Å²) in [6.07, 6.45) is 2.26. The van der Waals surface area contributed by atoms with Crippen LogP contribution >= 0.6 is 11.6 Å². The van der Waals surface area contributed by atoms with E-state index in [1.54, 1.807) is 6.07 Å². The van der Waals surface area contributed by atoms with Crippen LogP contribution < -0.4 is 4.74 Å². The van der Waals surface area contributed by atoms with Crippen LogP contribution in [0.3, 0.4) is 0 Å². The summed E-state index contributed by atoms with van der Waals surface area (Å²) in [5.74, 6) is 0.603. The van der Waals surface area contributed by atoms with E-state index in [9.17, 15) is 4.39 Å². The first-order valence-corrected chi connectivity index (χ1v) is 5.59. The second-order valence-electron chi connectivity index (χ2n) is 3.78. The molecular formula is C12H16ClFO. The Labute approximate surface area is 95.2 Å². The van der Waals surface area contributed by atoms with E-state index >= 15 is 0 Å². The van der Waals surface area contributed by atoms with Crippen LogP contribution in [0.15, 0.2) is 18.2 Å². The number of ether oxygens (including phenoxy) is 1.